The average Bonchev–Trinajstić information content (AvgIpc) is 2.80. The Morgan fingerprint density at radius 3 is 2.35 bits per heavy atom. The predicted octanol–water partition coefficient (Wildman–Crippen LogP) is 2.59. The Hall–Kier alpha value is -2.39. The first kappa shape index (κ1) is 15.5. The second-order valence-electron chi connectivity index (χ2n) is 4.64. The van der Waals surface area contributed by atoms with E-state index in [0.29, 0.717) is 11.6 Å². The topological polar surface area (TPSA) is 94.8 Å². The van der Waals surface area contributed by atoms with Gasteiger partial charge in [0.2, 0.25) is 0 Å². The molecule has 3 aromatic rings. The lowest BCUT2D eigenvalue weighted by Gasteiger charge is -2.10. The number of nitrogens with one attached hydrogen (secondary N) is 3. The van der Waals surface area contributed by atoms with Gasteiger partial charge in [0.05, 0.1) is 21.7 Å². The highest BCUT2D eigenvalue weighted by atomic mass is 35.5. The summed E-state index contributed by atoms with van der Waals surface area (Å²) in [5.74, 6) is -1.91. The van der Waals surface area contributed by atoms with Gasteiger partial charge in [-0.1, -0.05) is 11.6 Å². The van der Waals surface area contributed by atoms with Gasteiger partial charge < -0.3 is 9.97 Å². The van der Waals surface area contributed by atoms with Crippen molar-refractivity contribution in [2.75, 3.05) is 4.72 Å². The molecule has 1 aromatic heterocycles. The number of aromatic amines is 2. The van der Waals surface area contributed by atoms with Crippen molar-refractivity contribution in [3.8, 4) is 0 Å². The van der Waals surface area contributed by atoms with E-state index in [2.05, 4.69) is 9.97 Å². The van der Waals surface area contributed by atoms with Crippen LogP contribution < -0.4 is 10.4 Å². The highest BCUT2D eigenvalue weighted by molar-refractivity contribution is 7.92. The van der Waals surface area contributed by atoms with Crippen molar-refractivity contribution in [2.45, 2.75) is 4.90 Å². The molecule has 3 N–H and O–H groups in total. The van der Waals surface area contributed by atoms with Crippen molar-refractivity contribution in [1.29, 1.82) is 0 Å². The molecular weight excluding hydrogens is 352 g/mol. The molecule has 10 heteroatoms. The molecule has 0 aliphatic carbocycles. The molecule has 2 aromatic carbocycles. The van der Waals surface area contributed by atoms with Crippen LogP contribution in [0.5, 0.6) is 0 Å². The van der Waals surface area contributed by atoms with Crippen molar-refractivity contribution < 1.29 is 17.2 Å². The highest BCUT2D eigenvalue weighted by Gasteiger charge is 2.21. The quantitative estimate of drug-likeness (QED) is 0.670. The van der Waals surface area contributed by atoms with E-state index in [1.54, 1.807) is 0 Å². The van der Waals surface area contributed by atoms with Gasteiger partial charge in [0.1, 0.15) is 16.5 Å². The van der Waals surface area contributed by atoms with Crippen LogP contribution in [0.15, 0.2) is 40.0 Å². The summed E-state index contributed by atoms with van der Waals surface area (Å²) in [7, 11) is -4.24. The number of rotatable bonds is 3. The molecule has 0 aliphatic heterocycles. The largest absolute Gasteiger partial charge is 0.323 e. The summed E-state index contributed by atoms with van der Waals surface area (Å²) in [6.07, 6.45) is 0. The highest BCUT2D eigenvalue weighted by Crippen LogP contribution is 2.28. The average molecular weight is 360 g/mol. The second kappa shape index (κ2) is 5.36. The summed E-state index contributed by atoms with van der Waals surface area (Å²) in [4.78, 5) is 15.7. The van der Waals surface area contributed by atoms with E-state index in [4.69, 9.17) is 11.6 Å². The van der Waals surface area contributed by atoms with Crippen molar-refractivity contribution in [3.05, 3.63) is 57.5 Å². The third-order valence-electron chi connectivity index (χ3n) is 3.03. The number of fused-ring (bicyclic) bond motifs is 1. The van der Waals surface area contributed by atoms with Gasteiger partial charge in [-0.15, -0.1) is 0 Å². The van der Waals surface area contributed by atoms with Crippen LogP contribution in [0.3, 0.4) is 0 Å². The summed E-state index contributed by atoms with van der Waals surface area (Å²) in [6.45, 7) is 0. The van der Waals surface area contributed by atoms with Crippen LogP contribution >= 0.6 is 11.6 Å². The molecular formula is C13H8ClF2N3O3S. The molecule has 0 unspecified atom stereocenters. The van der Waals surface area contributed by atoms with Gasteiger partial charge in [-0.3, -0.25) is 4.72 Å². The van der Waals surface area contributed by atoms with Crippen LogP contribution in [0.25, 0.3) is 11.0 Å². The minimum absolute atomic E-state index is 0.164. The number of H-pyrrole nitrogens is 2. The first-order valence-electron chi connectivity index (χ1n) is 6.16. The van der Waals surface area contributed by atoms with E-state index in [-0.39, 0.29) is 15.4 Å². The van der Waals surface area contributed by atoms with E-state index in [0.717, 1.165) is 18.2 Å². The summed E-state index contributed by atoms with van der Waals surface area (Å²) < 4.78 is 53.2. The fourth-order valence-electron chi connectivity index (χ4n) is 2.01. The maximum Gasteiger partial charge on any atom is 0.323 e. The monoisotopic (exact) mass is 359 g/mol. The maximum atomic E-state index is 13.6. The fourth-order valence-corrected chi connectivity index (χ4v) is 3.64. The molecule has 0 saturated heterocycles. The molecule has 0 saturated carbocycles. The Bertz CT molecular complexity index is 1080. The Morgan fingerprint density at radius 2 is 1.70 bits per heavy atom. The summed E-state index contributed by atoms with van der Waals surface area (Å²) in [5, 5.41) is -0.164. The molecule has 0 fully saturated rings. The molecule has 0 spiro atoms. The number of sulfonamides is 1. The van der Waals surface area contributed by atoms with Crippen molar-refractivity contribution in [1.82, 2.24) is 9.97 Å². The Balaban J connectivity index is 2.08. The van der Waals surface area contributed by atoms with Gasteiger partial charge in [-0.25, -0.2) is 22.0 Å². The van der Waals surface area contributed by atoms with Crippen LogP contribution in [0.4, 0.5) is 14.5 Å². The molecule has 120 valence electrons. The number of imidazole rings is 1. The van der Waals surface area contributed by atoms with Crippen molar-refractivity contribution in [2.24, 2.45) is 0 Å². The lowest BCUT2D eigenvalue weighted by atomic mass is 10.3. The fraction of sp³-hybridized carbons (Fsp3) is 0. The maximum absolute atomic E-state index is 13.6. The van der Waals surface area contributed by atoms with Crippen molar-refractivity contribution >= 4 is 38.3 Å². The smallest absolute Gasteiger partial charge is 0.306 e. The number of halogens is 3. The Morgan fingerprint density at radius 1 is 1.04 bits per heavy atom. The third-order valence-corrected chi connectivity index (χ3v) is 4.86. The number of hydrogen-bond donors (Lipinski definition) is 3. The zero-order valence-corrected chi connectivity index (χ0v) is 12.7. The summed E-state index contributed by atoms with van der Waals surface area (Å²) in [6, 6.07) is 4.80. The molecule has 1 heterocycles. The number of benzene rings is 2. The van der Waals surface area contributed by atoms with Crippen LogP contribution in [0.2, 0.25) is 5.02 Å². The molecule has 23 heavy (non-hydrogen) atoms. The molecule has 0 aliphatic rings. The van der Waals surface area contributed by atoms with Gasteiger partial charge >= 0.3 is 5.69 Å². The minimum atomic E-state index is -4.24. The molecule has 0 atom stereocenters. The normalized spacial score (nSPS) is 11.8. The van der Waals surface area contributed by atoms with E-state index in [1.165, 1.54) is 6.07 Å². The Labute approximate surface area is 133 Å². The Kier molecular flexibility index (Phi) is 3.61. The zero-order chi connectivity index (χ0) is 16.8. The third kappa shape index (κ3) is 2.92. The summed E-state index contributed by atoms with van der Waals surface area (Å²) in [5.41, 5.74) is -0.403. The predicted molar refractivity (Wildman–Crippen MR) is 81.1 cm³/mol. The molecule has 0 bridgehead atoms. The first-order valence-corrected chi connectivity index (χ1v) is 8.02. The molecule has 3 rings (SSSR count). The van der Waals surface area contributed by atoms with Crippen LogP contribution in [0.1, 0.15) is 0 Å². The number of anilines is 1. The first-order chi connectivity index (χ1) is 10.8. The SMILES string of the molecule is O=c1[nH]c2cc(Cl)c(S(=O)(=O)Nc3ccc(F)cc3F)cc2[nH]1. The van der Waals surface area contributed by atoms with Crippen molar-refractivity contribution in [3.63, 3.8) is 0 Å². The molecule has 6 nitrogen and oxygen atoms in total. The van der Waals surface area contributed by atoms with E-state index in [9.17, 15) is 22.0 Å². The lowest BCUT2D eigenvalue weighted by molar-refractivity contribution is 0.583. The molecule has 0 amide bonds. The van der Waals surface area contributed by atoms with Crippen LogP contribution in [-0.4, -0.2) is 18.4 Å². The number of aromatic nitrogens is 2. The second-order valence-corrected chi connectivity index (χ2v) is 6.70. The van der Waals surface area contributed by atoms with Gasteiger partial charge in [0.25, 0.3) is 10.0 Å². The lowest BCUT2D eigenvalue weighted by Crippen LogP contribution is -2.14. The van der Waals surface area contributed by atoms with E-state index < -0.39 is 33.0 Å². The van der Waals surface area contributed by atoms with Crippen LogP contribution in [-0.2, 0) is 10.0 Å². The van der Waals surface area contributed by atoms with Crippen LogP contribution in [0, 0.1) is 11.6 Å². The van der Waals surface area contributed by atoms with Gasteiger partial charge in [0, 0.05) is 6.07 Å². The van der Waals surface area contributed by atoms with Gasteiger partial charge in [-0.2, -0.15) is 0 Å². The summed E-state index contributed by atoms with van der Waals surface area (Å²) >= 11 is 5.92. The minimum Gasteiger partial charge on any atom is -0.306 e. The van der Waals surface area contributed by atoms with Gasteiger partial charge in [0.15, 0.2) is 0 Å². The number of hydrogen-bond acceptors (Lipinski definition) is 3. The van der Waals surface area contributed by atoms with Gasteiger partial charge in [-0.05, 0) is 24.3 Å². The standard InChI is InChI=1S/C13H8ClF2N3O3S/c14-7-4-10-11(18-13(20)17-10)5-12(7)23(21,22)19-9-2-1-6(15)3-8(9)16/h1-5,19H,(H2,17,18,20). The van der Waals surface area contributed by atoms with E-state index in [1.807, 2.05) is 4.72 Å². The zero-order valence-electron chi connectivity index (χ0n) is 11.2. The van der Waals surface area contributed by atoms with E-state index >= 15 is 0 Å². The molecule has 0 radical (unpaired) electrons.